The molecule has 1 aliphatic heterocycles. The van der Waals surface area contributed by atoms with Crippen molar-refractivity contribution in [3.05, 3.63) is 35.6 Å². The van der Waals surface area contributed by atoms with Crippen molar-refractivity contribution in [2.24, 2.45) is 11.7 Å². The Morgan fingerprint density at radius 3 is 2.86 bits per heavy atom. The largest absolute Gasteiger partial charge is 0.369 e. The van der Waals surface area contributed by atoms with Gasteiger partial charge in [0.2, 0.25) is 11.8 Å². The molecule has 1 atom stereocenters. The number of nitrogens with zero attached hydrogens (tertiary/aromatic N) is 1. The molecule has 2 amide bonds. The minimum atomic E-state index is -0.329. The minimum Gasteiger partial charge on any atom is -0.369 e. The van der Waals surface area contributed by atoms with Gasteiger partial charge >= 0.3 is 0 Å². The third-order valence-corrected chi connectivity index (χ3v) is 3.71. The summed E-state index contributed by atoms with van der Waals surface area (Å²) in [6, 6.07) is 6.34. The van der Waals surface area contributed by atoms with Gasteiger partial charge in [-0.25, -0.2) is 4.39 Å². The van der Waals surface area contributed by atoms with E-state index in [4.69, 9.17) is 5.73 Å². The molecule has 1 aromatic carbocycles. The number of amides is 2. The zero-order valence-corrected chi connectivity index (χ0v) is 11.8. The third kappa shape index (κ3) is 4.53. The number of primary amides is 1. The lowest BCUT2D eigenvalue weighted by molar-refractivity contribution is -0.126. The molecule has 0 aromatic heterocycles. The van der Waals surface area contributed by atoms with E-state index in [1.807, 2.05) is 4.90 Å². The molecule has 2 rings (SSSR count). The quantitative estimate of drug-likeness (QED) is 0.836. The average Bonchev–Trinajstić information content (AvgIpc) is 2.46. The lowest BCUT2D eigenvalue weighted by Gasteiger charge is -2.30. The number of likely N-dealkylation sites (tertiary alicyclic amines) is 1. The number of piperidine rings is 1. The molecule has 21 heavy (non-hydrogen) atoms. The highest BCUT2D eigenvalue weighted by molar-refractivity contribution is 5.79. The van der Waals surface area contributed by atoms with Crippen LogP contribution < -0.4 is 11.1 Å². The molecular formula is C15H20FN3O2. The molecule has 6 heteroatoms. The van der Waals surface area contributed by atoms with Crippen LogP contribution in [-0.4, -0.2) is 36.3 Å². The van der Waals surface area contributed by atoms with Gasteiger partial charge in [0.15, 0.2) is 0 Å². The van der Waals surface area contributed by atoms with Crippen molar-refractivity contribution in [2.45, 2.75) is 19.4 Å². The molecule has 0 saturated carbocycles. The fraction of sp³-hybridized carbons (Fsp3) is 0.467. The van der Waals surface area contributed by atoms with Gasteiger partial charge in [0.25, 0.3) is 0 Å². The predicted molar refractivity (Wildman–Crippen MR) is 76.6 cm³/mol. The van der Waals surface area contributed by atoms with Crippen LogP contribution in [0.25, 0.3) is 0 Å². The lowest BCUT2D eigenvalue weighted by Crippen LogP contribution is -2.45. The Balaban J connectivity index is 1.79. The molecule has 0 radical (unpaired) electrons. The van der Waals surface area contributed by atoms with Gasteiger partial charge in [0.05, 0.1) is 12.5 Å². The first-order valence-corrected chi connectivity index (χ1v) is 7.08. The van der Waals surface area contributed by atoms with Crippen molar-refractivity contribution < 1.29 is 14.0 Å². The predicted octanol–water partition coefficient (Wildman–Crippen LogP) is 0.639. The second kappa shape index (κ2) is 7.17. The molecule has 1 fully saturated rings. The van der Waals surface area contributed by atoms with Gasteiger partial charge in [-0.1, -0.05) is 18.2 Å². The van der Waals surface area contributed by atoms with E-state index in [0.29, 0.717) is 12.1 Å². The van der Waals surface area contributed by atoms with Crippen molar-refractivity contribution in [3.8, 4) is 0 Å². The molecule has 0 unspecified atom stereocenters. The number of hydrogen-bond acceptors (Lipinski definition) is 3. The number of carbonyl (C=O) groups excluding carboxylic acids is 2. The van der Waals surface area contributed by atoms with Crippen LogP contribution in [0.4, 0.5) is 4.39 Å². The molecule has 1 aliphatic rings. The third-order valence-electron chi connectivity index (χ3n) is 3.71. The van der Waals surface area contributed by atoms with Crippen molar-refractivity contribution in [1.29, 1.82) is 0 Å². The van der Waals surface area contributed by atoms with Gasteiger partial charge in [-0.2, -0.15) is 0 Å². The van der Waals surface area contributed by atoms with E-state index >= 15 is 0 Å². The summed E-state index contributed by atoms with van der Waals surface area (Å²) in [5, 5.41) is 2.69. The molecule has 1 aromatic rings. The smallest absolute Gasteiger partial charge is 0.234 e. The molecular weight excluding hydrogens is 273 g/mol. The summed E-state index contributed by atoms with van der Waals surface area (Å²) >= 11 is 0. The van der Waals surface area contributed by atoms with Crippen LogP contribution in [0.1, 0.15) is 18.4 Å². The maximum absolute atomic E-state index is 13.4. The van der Waals surface area contributed by atoms with Gasteiger partial charge in [-0.05, 0) is 25.5 Å². The number of halogens is 1. The highest BCUT2D eigenvalue weighted by Crippen LogP contribution is 2.15. The number of rotatable bonds is 5. The minimum absolute atomic E-state index is 0.165. The van der Waals surface area contributed by atoms with Gasteiger partial charge in [-0.15, -0.1) is 0 Å². The first-order valence-electron chi connectivity index (χ1n) is 7.08. The summed E-state index contributed by atoms with van der Waals surface area (Å²) in [6.07, 6.45) is 1.64. The second-order valence-corrected chi connectivity index (χ2v) is 5.34. The molecule has 1 heterocycles. The van der Waals surface area contributed by atoms with E-state index in [-0.39, 0.29) is 36.6 Å². The van der Waals surface area contributed by atoms with Gasteiger partial charge in [0.1, 0.15) is 5.82 Å². The van der Waals surface area contributed by atoms with E-state index in [0.717, 1.165) is 19.4 Å². The summed E-state index contributed by atoms with van der Waals surface area (Å²) in [7, 11) is 0. The van der Waals surface area contributed by atoms with Crippen LogP contribution in [-0.2, 0) is 16.1 Å². The van der Waals surface area contributed by atoms with Crippen LogP contribution in [0.3, 0.4) is 0 Å². The van der Waals surface area contributed by atoms with E-state index in [2.05, 4.69) is 5.32 Å². The van der Waals surface area contributed by atoms with Crippen LogP contribution in [0.15, 0.2) is 24.3 Å². The maximum Gasteiger partial charge on any atom is 0.234 e. The van der Waals surface area contributed by atoms with Crippen molar-refractivity contribution in [2.75, 3.05) is 19.6 Å². The topological polar surface area (TPSA) is 75.4 Å². The maximum atomic E-state index is 13.4. The number of nitrogens with two attached hydrogens (primary N) is 1. The Labute approximate surface area is 123 Å². The zero-order chi connectivity index (χ0) is 15.2. The Bertz CT molecular complexity index is 521. The summed E-state index contributed by atoms with van der Waals surface area (Å²) in [6.45, 7) is 1.66. The molecule has 0 aliphatic carbocycles. The van der Waals surface area contributed by atoms with Crippen molar-refractivity contribution >= 4 is 11.8 Å². The molecule has 0 bridgehead atoms. The molecule has 5 nitrogen and oxygen atoms in total. The van der Waals surface area contributed by atoms with Crippen molar-refractivity contribution in [1.82, 2.24) is 10.2 Å². The average molecular weight is 293 g/mol. The van der Waals surface area contributed by atoms with Gasteiger partial charge in [0, 0.05) is 18.7 Å². The summed E-state index contributed by atoms with van der Waals surface area (Å²) in [5.41, 5.74) is 5.76. The fourth-order valence-corrected chi connectivity index (χ4v) is 2.53. The number of carbonyl (C=O) groups is 2. The zero-order valence-electron chi connectivity index (χ0n) is 11.8. The molecule has 0 spiro atoms. The second-order valence-electron chi connectivity index (χ2n) is 5.34. The Hall–Kier alpha value is -1.95. The molecule has 3 N–H and O–H groups in total. The van der Waals surface area contributed by atoms with Gasteiger partial charge in [-0.3, -0.25) is 14.5 Å². The van der Waals surface area contributed by atoms with Gasteiger partial charge < -0.3 is 11.1 Å². The highest BCUT2D eigenvalue weighted by Gasteiger charge is 2.24. The number of benzene rings is 1. The molecule has 1 saturated heterocycles. The monoisotopic (exact) mass is 293 g/mol. The number of nitrogens with one attached hydrogen (secondary N) is 1. The summed E-state index contributed by atoms with van der Waals surface area (Å²) in [5.74, 6) is -1.00. The van der Waals surface area contributed by atoms with E-state index in [1.165, 1.54) is 6.07 Å². The SMILES string of the molecule is NC(=O)[C@@H]1CCCN(CC(=O)NCc2ccccc2F)C1. The van der Waals surface area contributed by atoms with E-state index in [1.54, 1.807) is 18.2 Å². The van der Waals surface area contributed by atoms with Crippen molar-refractivity contribution in [3.63, 3.8) is 0 Å². The summed E-state index contributed by atoms with van der Waals surface area (Å²) in [4.78, 5) is 25.0. The number of hydrogen-bond donors (Lipinski definition) is 2. The van der Waals surface area contributed by atoms with E-state index in [9.17, 15) is 14.0 Å². The summed E-state index contributed by atoms with van der Waals surface area (Å²) < 4.78 is 13.4. The lowest BCUT2D eigenvalue weighted by atomic mass is 9.97. The highest BCUT2D eigenvalue weighted by atomic mass is 19.1. The fourth-order valence-electron chi connectivity index (χ4n) is 2.53. The van der Waals surface area contributed by atoms with E-state index < -0.39 is 0 Å². The first-order chi connectivity index (χ1) is 10.1. The standard InChI is InChI=1S/C15H20FN3O2/c16-13-6-2-1-4-11(13)8-18-14(20)10-19-7-3-5-12(9-19)15(17)21/h1-2,4,6,12H,3,5,7-10H2,(H2,17,21)(H,18,20)/t12-/m1/s1. The van der Waals surface area contributed by atoms with Crippen LogP contribution in [0.2, 0.25) is 0 Å². The van der Waals surface area contributed by atoms with Crippen LogP contribution in [0, 0.1) is 11.7 Å². The Kier molecular flexibility index (Phi) is 5.27. The normalized spacial score (nSPS) is 19.2. The van der Waals surface area contributed by atoms with Crippen LogP contribution >= 0.6 is 0 Å². The van der Waals surface area contributed by atoms with Crippen LogP contribution in [0.5, 0.6) is 0 Å². The first kappa shape index (κ1) is 15.4. The Morgan fingerprint density at radius 2 is 2.14 bits per heavy atom. The molecule has 114 valence electrons. The Morgan fingerprint density at radius 1 is 1.38 bits per heavy atom.